The van der Waals surface area contributed by atoms with Crippen LogP contribution in [-0.2, 0) is 0 Å². The summed E-state index contributed by atoms with van der Waals surface area (Å²) in [6.07, 6.45) is -0.442. The van der Waals surface area contributed by atoms with Crippen LogP contribution in [0.1, 0.15) is 11.7 Å². The van der Waals surface area contributed by atoms with Crippen LogP contribution in [0.2, 0.25) is 0 Å². The molecule has 3 nitrogen and oxygen atoms in total. The van der Waals surface area contributed by atoms with E-state index in [0.29, 0.717) is 13.1 Å². The Morgan fingerprint density at radius 2 is 1.93 bits per heavy atom. The van der Waals surface area contributed by atoms with Crippen molar-refractivity contribution < 1.29 is 15.1 Å². The summed E-state index contributed by atoms with van der Waals surface area (Å²) in [6.45, 7) is 1.46. The van der Waals surface area contributed by atoms with Crippen molar-refractivity contribution in [2.24, 2.45) is 0 Å². The molecule has 0 fully saturated rings. The van der Waals surface area contributed by atoms with Crippen LogP contribution in [0.4, 0.5) is 0 Å². The first-order valence-electron chi connectivity index (χ1n) is 4.89. The maximum absolute atomic E-state index is 9.82. The van der Waals surface area contributed by atoms with Gasteiger partial charge in [-0.2, -0.15) is 0 Å². The minimum absolute atomic E-state index is 0.160. The molecule has 0 spiro atoms. The zero-order valence-electron chi connectivity index (χ0n) is 8.48. The van der Waals surface area contributed by atoms with Gasteiger partial charge >= 0.3 is 0 Å². The molecule has 0 aromatic heterocycles. The fourth-order valence-electron chi connectivity index (χ4n) is 1.42. The molecule has 0 aliphatic heterocycles. The highest BCUT2D eigenvalue weighted by atomic mass is 16.3. The molecule has 0 radical (unpaired) electrons. The minimum atomic E-state index is -0.442. The Hall–Kier alpha value is -0.900. The maximum atomic E-state index is 9.82. The summed E-state index contributed by atoms with van der Waals surface area (Å²) in [7, 11) is 1.96. The molecule has 0 bridgehead atoms. The van der Waals surface area contributed by atoms with E-state index in [1.807, 2.05) is 37.4 Å². The Labute approximate surface area is 84.6 Å². The molecule has 1 unspecified atom stereocenters. The molecule has 3 N–H and O–H groups in total. The van der Waals surface area contributed by atoms with E-state index in [1.54, 1.807) is 0 Å². The van der Waals surface area contributed by atoms with Gasteiger partial charge in [0.05, 0.1) is 13.7 Å². The van der Waals surface area contributed by atoms with Gasteiger partial charge in [0.2, 0.25) is 0 Å². The summed E-state index contributed by atoms with van der Waals surface area (Å²) in [5.74, 6) is 0. The number of aliphatic hydroxyl groups is 2. The van der Waals surface area contributed by atoms with Crippen molar-refractivity contribution in [1.82, 2.24) is 0 Å². The number of quaternary nitrogens is 1. The van der Waals surface area contributed by atoms with E-state index in [-0.39, 0.29) is 6.61 Å². The number of nitrogens with one attached hydrogen (secondary N) is 1. The Balaban J connectivity index is 2.46. The highest BCUT2D eigenvalue weighted by Gasteiger charge is 2.12. The maximum Gasteiger partial charge on any atom is 0.128 e. The van der Waals surface area contributed by atoms with Crippen LogP contribution in [0.25, 0.3) is 0 Å². The molecule has 0 amide bonds. The fraction of sp³-hybridized carbons (Fsp3) is 0.455. The molecule has 3 heteroatoms. The zero-order valence-corrected chi connectivity index (χ0v) is 8.48. The average Bonchev–Trinajstić information content (AvgIpc) is 2.19. The van der Waals surface area contributed by atoms with Crippen molar-refractivity contribution in [2.75, 3.05) is 26.7 Å². The number of benzene rings is 1. The van der Waals surface area contributed by atoms with Gasteiger partial charge in [0.25, 0.3) is 0 Å². The normalized spacial score (nSPS) is 15.1. The first-order valence-corrected chi connectivity index (χ1v) is 4.89. The van der Waals surface area contributed by atoms with Crippen molar-refractivity contribution in [1.29, 1.82) is 0 Å². The van der Waals surface area contributed by atoms with Gasteiger partial charge in [0.1, 0.15) is 19.2 Å². The van der Waals surface area contributed by atoms with Crippen molar-refractivity contribution in [2.45, 2.75) is 6.10 Å². The number of aliphatic hydroxyl groups excluding tert-OH is 2. The van der Waals surface area contributed by atoms with Gasteiger partial charge in [-0.05, 0) is 5.56 Å². The lowest BCUT2D eigenvalue weighted by atomic mass is 10.1. The molecule has 2 atom stereocenters. The highest BCUT2D eigenvalue weighted by molar-refractivity contribution is 5.16. The smallest absolute Gasteiger partial charge is 0.128 e. The third-order valence-electron chi connectivity index (χ3n) is 2.26. The van der Waals surface area contributed by atoms with Crippen LogP contribution >= 0.6 is 0 Å². The van der Waals surface area contributed by atoms with Gasteiger partial charge in [0, 0.05) is 0 Å². The zero-order chi connectivity index (χ0) is 10.4. The number of hydrogen-bond donors (Lipinski definition) is 3. The third kappa shape index (κ3) is 3.46. The van der Waals surface area contributed by atoms with E-state index in [4.69, 9.17) is 5.11 Å². The molecule has 1 rings (SSSR count). The largest absolute Gasteiger partial charge is 0.391 e. The molecule has 1 aromatic rings. The lowest BCUT2D eigenvalue weighted by Crippen LogP contribution is -3.10. The quantitative estimate of drug-likeness (QED) is 0.579. The molecule has 0 saturated carbocycles. The van der Waals surface area contributed by atoms with E-state index >= 15 is 0 Å². The van der Waals surface area contributed by atoms with E-state index in [1.165, 1.54) is 0 Å². The highest BCUT2D eigenvalue weighted by Crippen LogP contribution is 2.08. The molecular formula is C11H18NO2+. The lowest BCUT2D eigenvalue weighted by molar-refractivity contribution is -0.884. The fourth-order valence-corrected chi connectivity index (χ4v) is 1.42. The summed E-state index contributed by atoms with van der Waals surface area (Å²) in [6, 6.07) is 9.59. The van der Waals surface area contributed by atoms with Gasteiger partial charge in [0.15, 0.2) is 0 Å². The predicted molar refractivity (Wildman–Crippen MR) is 55.1 cm³/mol. The monoisotopic (exact) mass is 196 g/mol. The molecule has 0 saturated heterocycles. The standard InChI is InChI=1S/C11H17NO2/c1-12(7-8-13)9-11(14)10-5-3-2-4-6-10/h2-6,11,13-14H,7-9H2,1H3/p+1/t11-/m0/s1. The molecule has 0 heterocycles. The molecule has 14 heavy (non-hydrogen) atoms. The summed E-state index contributed by atoms with van der Waals surface area (Å²) in [4.78, 5) is 1.13. The van der Waals surface area contributed by atoms with Gasteiger partial charge in [-0.1, -0.05) is 30.3 Å². The number of likely N-dealkylation sites (N-methyl/N-ethyl adjacent to an activating group) is 1. The Bertz CT molecular complexity index is 251. The lowest BCUT2D eigenvalue weighted by Gasteiger charge is -2.17. The van der Waals surface area contributed by atoms with Crippen LogP contribution < -0.4 is 4.90 Å². The van der Waals surface area contributed by atoms with Crippen molar-refractivity contribution >= 4 is 0 Å². The van der Waals surface area contributed by atoms with Crippen LogP contribution in [-0.4, -0.2) is 37.0 Å². The van der Waals surface area contributed by atoms with Gasteiger partial charge in [-0.15, -0.1) is 0 Å². The summed E-state index contributed by atoms with van der Waals surface area (Å²) in [5, 5.41) is 18.5. The van der Waals surface area contributed by atoms with E-state index in [0.717, 1.165) is 10.5 Å². The summed E-state index contributed by atoms with van der Waals surface area (Å²) in [5.41, 5.74) is 0.935. The Morgan fingerprint density at radius 1 is 1.29 bits per heavy atom. The van der Waals surface area contributed by atoms with E-state index in [9.17, 15) is 5.11 Å². The van der Waals surface area contributed by atoms with E-state index in [2.05, 4.69) is 0 Å². The molecule has 1 aromatic carbocycles. The van der Waals surface area contributed by atoms with Gasteiger partial charge in [-0.25, -0.2) is 0 Å². The Kier molecular flexibility index (Phi) is 4.59. The third-order valence-corrected chi connectivity index (χ3v) is 2.26. The summed E-state index contributed by atoms with van der Waals surface area (Å²) < 4.78 is 0. The van der Waals surface area contributed by atoms with Crippen LogP contribution in [0.3, 0.4) is 0 Å². The van der Waals surface area contributed by atoms with Crippen LogP contribution in [0.15, 0.2) is 30.3 Å². The second kappa shape index (κ2) is 5.75. The van der Waals surface area contributed by atoms with Crippen molar-refractivity contribution in [3.05, 3.63) is 35.9 Å². The molecule has 78 valence electrons. The van der Waals surface area contributed by atoms with Crippen molar-refractivity contribution in [3.63, 3.8) is 0 Å². The first kappa shape index (κ1) is 11.2. The average molecular weight is 196 g/mol. The topological polar surface area (TPSA) is 44.9 Å². The molecular weight excluding hydrogens is 178 g/mol. The predicted octanol–water partition coefficient (Wildman–Crippen LogP) is -0.773. The molecule has 0 aliphatic carbocycles. The summed E-state index contributed by atoms with van der Waals surface area (Å²) >= 11 is 0. The van der Waals surface area contributed by atoms with Crippen LogP contribution in [0, 0.1) is 0 Å². The minimum Gasteiger partial charge on any atom is -0.391 e. The number of hydrogen-bond acceptors (Lipinski definition) is 2. The second-order valence-electron chi connectivity index (χ2n) is 3.56. The second-order valence-corrected chi connectivity index (χ2v) is 3.56. The number of rotatable bonds is 5. The SMILES string of the molecule is C[NH+](CCO)C[C@H](O)c1ccccc1. The van der Waals surface area contributed by atoms with Gasteiger partial charge < -0.3 is 15.1 Å². The molecule has 0 aliphatic rings. The Morgan fingerprint density at radius 3 is 2.50 bits per heavy atom. The van der Waals surface area contributed by atoms with Crippen LogP contribution in [0.5, 0.6) is 0 Å². The first-order chi connectivity index (χ1) is 6.74. The van der Waals surface area contributed by atoms with Crippen molar-refractivity contribution in [3.8, 4) is 0 Å². The van der Waals surface area contributed by atoms with E-state index < -0.39 is 6.10 Å². The van der Waals surface area contributed by atoms with Gasteiger partial charge in [-0.3, -0.25) is 0 Å².